The second-order valence-corrected chi connectivity index (χ2v) is 3.75. The van der Waals surface area contributed by atoms with Crippen LogP contribution in [0.25, 0.3) is 0 Å². The number of ether oxygens (including phenoxy) is 1. The molecule has 3 heteroatoms. The molecule has 1 atom stereocenters. The van der Waals surface area contributed by atoms with Crippen LogP contribution in [0.15, 0.2) is 12.1 Å². The van der Waals surface area contributed by atoms with Crippen molar-refractivity contribution in [3.8, 4) is 5.75 Å². The third-order valence-corrected chi connectivity index (χ3v) is 2.49. The summed E-state index contributed by atoms with van der Waals surface area (Å²) >= 11 is 5.97. The van der Waals surface area contributed by atoms with Gasteiger partial charge in [0, 0.05) is 11.1 Å². The van der Waals surface area contributed by atoms with Crippen molar-refractivity contribution in [1.29, 1.82) is 0 Å². The van der Waals surface area contributed by atoms with Gasteiger partial charge in [-0.05, 0) is 36.6 Å². The van der Waals surface area contributed by atoms with Crippen molar-refractivity contribution < 1.29 is 4.74 Å². The third kappa shape index (κ3) is 2.20. The topological polar surface area (TPSA) is 35.2 Å². The van der Waals surface area contributed by atoms with Crippen LogP contribution in [-0.4, -0.2) is 7.11 Å². The summed E-state index contributed by atoms with van der Waals surface area (Å²) in [5, 5.41) is 0.673. The van der Waals surface area contributed by atoms with Crippen LogP contribution in [0, 0.1) is 0 Å². The van der Waals surface area contributed by atoms with Gasteiger partial charge >= 0.3 is 0 Å². The van der Waals surface area contributed by atoms with Crippen molar-refractivity contribution in [2.45, 2.75) is 26.3 Å². The zero-order valence-corrected chi connectivity index (χ0v) is 9.56. The Balaban J connectivity index is 3.31. The second-order valence-electron chi connectivity index (χ2n) is 3.32. The molecule has 0 aliphatic carbocycles. The average Bonchev–Trinajstić information content (AvgIpc) is 2.16. The van der Waals surface area contributed by atoms with E-state index in [9.17, 15) is 0 Å². The molecule has 0 aromatic heterocycles. The first-order valence-corrected chi connectivity index (χ1v) is 5.09. The highest BCUT2D eigenvalue weighted by molar-refractivity contribution is 6.30. The molecule has 1 unspecified atom stereocenters. The summed E-state index contributed by atoms with van der Waals surface area (Å²) in [5.41, 5.74) is 8.08. The number of nitrogens with two attached hydrogens (primary N) is 1. The van der Waals surface area contributed by atoms with E-state index in [4.69, 9.17) is 22.1 Å². The van der Waals surface area contributed by atoms with Crippen molar-refractivity contribution in [1.82, 2.24) is 0 Å². The smallest absolute Gasteiger partial charge is 0.123 e. The fourth-order valence-corrected chi connectivity index (χ4v) is 1.82. The zero-order valence-electron chi connectivity index (χ0n) is 8.80. The first-order chi connectivity index (χ1) is 6.60. The highest BCUT2D eigenvalue weighted by Gasteiger charge is 2.12. The standard InChI is InChI=1S/C11H16ClNO/c1-4-9-10(7(2)13)5-8(12)6-11(9)14-3/h5-7H,4,13H2,1-3H3. The summed E-state index contributed by atoms with van der Waals surface area (Å²) in [7, 11) is 1.65. The molecule has 0 bridgehead atoms. The first kappa shape index (κ1) is 11.3. The number of hydrogen-bond donors (Lipinski definition) is 1. The molecule has 2 nitrogen and oxygen atoms in total. The van der Waals surface area contributed by atoms with Crippen LogP contribution in [0.2, 0.25) is 5.02 Å². The molecule has 1 aromatic carbocycles. The van der Waals surface area contributed by atoms with E-state index in [0.717, 1.165) is 23.3 Å². The molecular weight excluding hydrogens is 198 g/mol. The van der Waals surface area contributed by atoms with Crippen molar-refractivity contribution in [3.05, 3.63) is 28.3 Å². The molecule has 2 N–H and O–H groups in total. The molecule has 0 aliphatic rings. The predicted molar refractivity (Wildman–Crippen MR) is 60.0 cm³/mol. The van der Waals surface area contributed by atoms with Crippen LogP contribution in [0.4, 0.5) is 0 Å². The van der Waals surface area contributed by atoms with Crippen LogP contribution in [0.5, 0.6) is 5.75 Å². The van der Waals surface area contributed by atoms with Crippen molar-refractivity contribution in [3.63, 3.8) is 0 Å². The number of halogens is 1. The van der Waals surface area contributed by atoms with Gasteiger partial charge in [-0.2, -0.15) is 0 Å². The molecule has 0 fully saturated rings. The van der Waals surface area contributed by atoms with Crippen LogP contribution in [0.3, 0.4) is 0 Å². The molecule has 0 amide bonds. The lowest BCUT2D eigenvalue weighted by Gasteiger charge is -2.15. The Kier molecular flexibility index (Phi) is 3.78. The molecule has 0 aliphatic heterocycles. The predicted octanol–water partition coefficient (Wildman–Crippen LogP) is 2.93. The van der Waals surface area contributed by atoms with Crippen molar-refractivity contribution in [2.24, 2.45) is 5.73 Å². The quantitative estimate of drug-likeness (QED) is 0.838. The minimum atomic E-state index is -0.0162. The van der Waals surface area contributed by atoms with Gasteiger partial charge in [-0.1, -0.05) is 18.5 Å². The van der Waals surface area contributed by atoms with Crippen LogP contribution >= 0.6 is 11.6 Å². The Bertz CT molecular complexity index is 323. The van der Waals surface area contributed by atoms with E-state index in [1.165, 1.54) is 0 Å². The lowest BCUT2D eigenvalue weighted by Crippen LogP contribution is -2.09. The van der Waals surface area contributed by atoms with Crippen LogP contribution < -0.4 is 10.5 Å². The molecule has 0 saturated carbocycles. The third-order valence-electron chi connectivity index (χ3n) is 2.27. The molecule has 0 heterocycles. The summed E-state index contributed by atoms with van der Waals surface area (Å²) in [4.78, 5) is 0. The van der Waals surface area contributed by atoms with Gasteiger partial charge < -0.3 is 10.5 Å². The lowest BCUT2D eigenvalue weighted by atomic mass is 9.99. The van der Waals surface area contributed by atoms with Gasteiger partial charge in [0.15, 0.2) is 0 Å². The first-order valence-electron chi connectivity index (χ1n) is 4.72. The lowest BCUT2D eigenvalue weighted by molar-refractivity contribution is 0.409. The molecular formula is C11H16ClNO. The number of benzene rings is 1. The molecule has 1 rings (SSSR count). The molecule has 0 radical (unpaired) electrons. The van der Waals surface area contributed by atoms with E-state index in [-0.39, 0.29) is 6.04 Å². The molecule has 78 valence electrons. The minimum Gasteiger partial charge on any atom is -0.496 e. The van der Waals surface area contributed by atoms with Crippen LogP contribution in [-0.2, 0) is 6.42 Å². The summed E-state index contributed by atoms with van der Waals surface area (Å²) < 4.78 is 5.27. The summed E-state index contributed by atoms with van der Waals surface area (Å²) in [6, 6.07) is 3.72. The maximum absolute atomic E-state index is 5.97. The SMILES string of the molecule is CCc1c(OC)cc(Cl)cc1C(C)N. The fourth-order valence-electron chi connectivity index (χ4n) is 1.60. The van der Waals surface area contributed by atoms with E-state index < -0.39 is 0 Å². The van der Waals surface area contributed by atoms with Gasteiger partial charge in [-0.25, -0.2) is 0 Å². The minimum absolute atomic E-state index is 0.0162. The Morgan fingerprint density at radius 3 is 2.57 bits per heavy atom. The Labute approximate surface area is 90.0 Å². The van der Waals surface area contributed by atoms with Gasteiger partial charge in [-0.15, -0.1) is 0 Å². The molecule has 1 aromatic rings. The van der Waals surface area contributed by atoms with Gasteiger partial charge in [0.05, 0.1) is 7.11 Å². The molecule has 0 spiro atoms. The highest BCUT2D eigenvalue weighted by atomic mass is 35.5. The number of rotatable bonds is 3. The highest BCUT2D eigenvalue weighted by Crippen LogP contribution is 2.30. The average molecular weight is 214 g/mol. The monoisotopic (exact) mass is 213 g/mol. The maximum atomic E-state index is 5.97. The molecule has 0 saturated heterocycles. The van der Waals surface area contributed by atoms with Gasteiger partial charge in [-0.3, -0.25) is 0 Å². The van der Waals surface area contributed by atoms with Crippen molar-refractivity contribution >= 4 is 11.6 Å². The van der Waals surface area contributed by atoms with Gasteiger partial charge in [0.2, 0.25) is 0 Å². The summed E-state index contributed by atoms with van der Waals surface area (Å²) in [5.74, 6) is 0.826. The van der Waals surface area contributed by atoms with E-state index in [0.29, 0.717) is 5.02 Å². The van der Waals surface area contributed by atoms with Crippen LogP contribution in [0.1, 0.15) is 31.0 Å². The molecule has 14 heavy (non-hydrogen) atoms. The maximum Gasteiger partial charge on any atom is 0.123 e. The van der Waals surface area contributed by atoms with E-state index >= 15 is 0 Å². The Morgan fingerprint density at radius 1 is 1.50 bits per heavy atom. The van der Waals surface area contributed by atoms with Crippen molar-refractivity contribution in [2.75, 3.05) is 7.11 Å². The van der Waals surface area contributed by atoms with Gasteiger partial charge in [0.1, 0.15) is 5.75 Å². The van der Waals surface area contributed by atoms with E-state index in [1.807, 2.05) is 19.1 Å². The fraction of sp³-hybridized carbons (Fsp3) is 0.455. The number of hydrogen-bond acceptors (Lipinski definition) is 2. The summed E-state index contributed by atoms with van der Waals surface area (Å²) in [6.45, 7) is 4.03. The second kappa shape index (κ2) is 4.67. The van der Waals surface area contributed by atoms with E-state index in [1.54, 1.807) is 7.11 Å². The Hall–Kier alpha value is -0.730. The largest absolute Gasteiger partial charge is 0.496 e. The summed E-state index contributed by atoms with van der Waals surface area (Å²) in [6.07, 6.45) is 0.900. The van der Waals surface area contributed by atoms with Gasteiger partial charge in [0.25, 0.3) is 0 Å². The van der Waals surface area contributed by atoms with E-state index in [2.05, 4.69) is 6.92 Å². The zero-order chi connectivity index (χ0) is 10.7. The Morgan fingerprint density at radius 2 is 2.14 bits per heavy atom. The normalized spacial score (nSPS) is 12.6. The number of methoxy groups -OCH3 is 1.